The van der Waals surface area contributed by atoms with E-state index >= 15 is 0 Å². The van der Waals surface area contributed by atoms with Crippen LogP contribution >= 0.6 is 0 Å². The molecule has 1 saturated heterocycles. The second-order valence-corrected chi connectivity index (χ2v) is 10.1. The molecule has 0 aliphatic carbocycles. The Hall–Kier alpha value is -4.34. The Morgan fingerprint density at radius 2 is 1.00 bits per heavy atom. The largest absolute Gasteiger partial charge is 0.493 e. The highest BCUT2D eigenvalue weighted by atomic mass is 16.5. The Morgan fingerprint density at radius 3 is 1.48 bits per heavy atom. The summed E-state index contributed by atoms with van der Waals surface area (Å²) in [7, 11) is 8.14. The molecule has 0 bridgehead atoms. The summed E-state index contributed by atoms with van der Waals surface area (Å²) >= 11 is 0. The first-order chi connectivity index (χ1) is 20.5. The summed E-state index contributed by atoms with van der Waals surface area (Å²) in [5.74, 6) is 3.20. The number of hydrogen-bond donors (Lipinski definition) is 0. The van der Waals surface area contributed by atoms with Gasteiger partial charge in [0.2, 0.25) is 5.75 Å². The molecule has 0 amide bonds. The van der Waals surface area contributed by atoms with Crippen LogP contribution in [0.3, 0.4) is 0 Å². The van der Waals surface area contributed by atoms with Crippen molar-refractivity contribution >= 4 is 0 Å². The minimum absolute atomic E-state index is 0.571. The molecule has 2 aromatic carbocycles. The highest BCUT2D eigenvalue weighted by Gasteiger charge is 2.19. The molecule has 3 heterocycles. The topological polar surface area (TPSA) is 78.4 Å². The highest BCUT2D eigenvalue weighted by molar-refractivity contribution is 5.69. The molecule has 220 valence electrons. The molecule has 0 radical (unpaired) electrons. The predicted molar refractivity (Wildman–Crippen MR) is 163 cm³/mol. The maximum Gasteiger partial charge on any atom is 0.203 e. The number of ether oxygens (including phenoxy) is 5. The number of piperazine rings is 1. The first-order valence-electron chi connectivity index (χ1n) is 13.9. The third-order valence-electron chi connectivity index (χ3n) is 7.57. The standard InChI is InChI=1S/C33H38N4O5/c1-38-29-7-6-25(18-30(29)39-2)27-16-23(8-10-34-27)21-36-12-14-37(15-13-36)22-24-9-11-35-28(17-24)26-19-31(40-3)33(42-5)32(20-26)41-4/h6-11,16-20H,12-15,21-22H2,1-5H3. The van der Waals surface area contributed by atoms with Gasteiger partial charge < -0.3 is 23.7 Å². The molecule has 0 atom stereocenters. The van der Waals surface area contributed by atoms with Crippen molar-refractivity contribution in [3.63, 3.8) is 0 Å². The van der Waals surface area contributed by atoms with Crippen molar-refractivity contribution in [3.05, 3.63) is 78.1 Å². The Labute approximate surface area is 247 Å². The van der Waals surface area contributed by atoms with Crippen molar-refractivity contribution in [3.8, 4) is 51.3 Å². The van der Waals surface area contributed by atoms with Gasteiger partial charge >= 0.3 is 0 Å². The van der Waals surface area contributed by atoms with E-state index in [0.717, 1.165) is 61.8 Å². The lowest BCUT2D eigenvalue weighted by Gasteiger charge is -2.34. The van der Waals surface area contributed by atoms with Crippen molar-refractivity contribution in [1.29, 1.82) is 0 Å². The van der Waals surface area contributed by atoms with Crippen molar-refractivity contribution in [2.45, 2.75) is 13.1 Å². The van der Waals surface area contributed by atoms with Crippen LogP contribution in [-0.4, -0.2) is 81.5 Å². The summed E-state index contributed by atoms with van der Waals surface area (Å²) in [6.45, 7) is 5.74. The average molecular weight is 571 g/mol. The van der Waals surface area contributed by atoms with Gasteiger partial charge in [-0.3, -0.25) is 19.8 Å². The van der Waals surface area contributed by atoms with E-state index in [2.05, 4.69) is 44.0 Å². The molecule has 0 saturated carbocycles. The van der Waals surface area contributed by atoms with Gasteiger partial charge in [-0.25, -0.2) is 0 Å². The van der Waals surface area contributed by atoms with Crippen LogP contribution in [0.15, 0.2) is 67.0 Å². The van der Waals surface area contributed by atoms with Crippen LogP contribution in [-0.2, 0) is 13.1 Å². The van der Waals surface area contributed by atoms with E-state index in [-0.39, 0.29) is 0 Å². The van der Waals surface area contributed by atoms with Crippen LogP contribution in [0, 0.1) is 0 Å². The van der Waals surface area contributed by atoms with Crippen LogP contribution in [0.25, 0.3) is 22.5 Å². The number of nitrogens with zero attached hydrogens (tertiary/aromatic N) is 4. The molecule has 42 heavy (non-hydrogen) atoms. The van der Waals surface area contributed by atoms with Gasteiger partial charge in [0.15, 0.2) is 23.0 Å². The lowest BCUT2D eigenvalue weighted by molar-refractivity contribution is 0.122. The minimum atomic E-state index is 0.571. The maximum absolute atomic E-state index is 5.53. The van der Waals surface area contributed by atoms with Crippen molar-refractivity contribution in [2.24, 2.45) is 0 Å². The van der Waals surface area contributed by atoms with Gasteiger partial charge in [0.1, 0.15) is 0 Å². The first kappa shape index (κ1) is 29.2. The van der Waals surface area contributed by atoms with E-state index in [4.69, 9.17) is 23.7 Å². The minimum Gasteiger partial charge on any atom is -0.493 e. The molecule has 0 spiro atoms. The molecule has 4 aromatic rings. The van der Waals surface area contributed by atoms with E-state index < -0.39 is 0 Å². The van der Waals surface area contributed by atoms with Crippen LogP contribution in [0.2, 0.25) is 0 Å². The van der Waals surface area contributed by atoms with Crippen molar-refractivity contribution < 1.29 is 23.7 Å². The molecule has 2 aromatic heterocycles. The lowest BCUT2D eigenvalue weighted by Crippen LogP contribution is -2.45. The summed E-state index contributed by atoms with van der Waals surface area (Å²) in [5, 5.41) is 0. The van der Waals surface area contributed by atoms with E-state index in [1.807, 2.05) is 42.7 Å². The van der Waals surface area contributed by atoms with Gasteiger partial charge in [-0.1, -0.05) is 0 Å². The summed E-state index contributed by atoms with van der Waals surface area (Å²) < 4.78 is 27.4. The second kappa shape index (κ2) is 13.5. The molecule has 9 heteroatoms. The second-order valence-electron chi connectivity index (χ2n) is 10.1. The predicted octanol–water partition coefficient (Wildman–Crippen LogP) is 5.17. The first-order valence-corrected chi connectivity index (χ1v) is 13.9. The van der Waals surface area contributed by atoms with Crippen molar-refractivity contribution in [1.82, 2.24) is 19.8 Å². The third kappa shape index (κ3) is 6.58. The zero-order valence-corrected chi connectivity index (χ0v) is 24.9. The normalized spacial score (nSPS) is 13.9. The van der Waals surface area contributed by atoms with Gasteiger partial charge in [-0.2, -0.15) is 0 Å². The fourth-order valence-corrected chi connectivity index (χ4v) is 5.31. The number of pyridine rings is 2. The Bertz CT molecular complexity index is 1480. The van der Waals surface area contributed by atoms with E-state index in [9.17, 15) is 0 Å². The molecule has 1 aliphatic heterocycles. The van der Waals surface area contributed by atoms with E-state index in [1.54, 1.807) is 35.5 Å². The molecule has 1 fully saturated rings. The number of benzene rings is 2. The van der Waals surface area contributed by atoms with Crippen LogP contribution < -0.4 is 23.7 Å². The number of aromatic nitrogens is 2. The molecule has 0 unspecified atom stereocenters. The fourth-order valence-electron chi connectivity index (χ4n) is 5.31. The smallest absolute Gasteiger partial charge is 0.203 e. The lowest BCUT2D eigenvalue weighted by atomic mass is 10.1. The summed E-state index contributed by atoms with van der Waals surface area (Å²) in [4.78, 5) is 14.2. The highest BCUT2D eigenvalue weighted by Crippen LogP contribution is 2.41. The molecule has 5 rings (SSSR count). The van der Waals surface area contributed by atoms with E-state index in [0.29, 0.717) is 28.7 Å². The average Bonchev–Trinajstić information content (AvgIpc) is 3.04. The van der Waals surface area contributed by atoms with Gasteiger partial charge in [-0.15, -0.1) is 0 Å². The van der Waals surface area contributed by atoms with Gasteiger partial charge in [-0.05, 0) is 65.7 Å². The van der Waals surface area contributed by atoms with Gasteiger partial charge in [0.25, 0.3) is 0 Å². The molecular formula is C33H38N4O5. The molecule has 0 N–H and O–H groups in total. The number of methoxy groups -OCH3 is 5. The molecule has 1 aliphatic rings. The Kier molecular flexibility index (Phi) is 9.41. The van der Waals surface area contributed by atoms with Crippen LogP contribution in [0.1, 0.15) is 11.1 Å². The number of hydrogen-bond acceptors (Lipinski definition) is 9. The zero-order chi connectivity index (χ0) is 29.5. The van der Waals surface area contributed by atoms with Gasteiger partial charge in [0, 0.05) is 62.8 Å². The Morgan fingerprint density at radius 1 is 0.524 bits per heavy atom. The Balaban J connectivity index is 1.20. The summed E-state index contributed by atoms with van der Waals surface area (Å²) in [6.07, 6.45) is 3.75. The van der Waals surface area contributed by atoms with Crippen LogP contribution in [0.5, 0.6) is 28.7 Å². The summed E-state index contributed by atoms with van der Waals surface area (Å²) in [6, 6.07) is 18.2. The third-order valence-corrected chi connectivity index (χ3v) is 7.57. The monoisotopic (exact) mass is 570 g/mol. The number of rotatable bonds is 11. The summed E-state index contributed by atoms with van der Waals surface area (Å²) in [5.41, 5.74) is 6.17. The maximum atomic E-state index is 5.53. The van der Waals surface area contributed by atoms with Crippen LogP contribution in [0.4, 0.5) is 0 Å². The van der Waals surface area contributed by atoms with E-state index in [1.165, 1.54) is 11.1 Å². The molecular weight excluding hydrogens is 532 g/mol. The van der Waals surface area contributed by atoms with Gasteiger partial charge in [0.05, 0.1) is 46.9 Å². The SMILES string of the molecule is COc1ccc(-c2cc(CN3CCN(Cc4ccnc(-c5cc(OC)c(OC)c(OC)c5)c4)CC3)ccn2)cc1OC. The van der Waals surface area contributed by atoms with Crippen molar-refractivity contribution in [2.75, 3.05) is 61.7 Å². The fraction of sp³-hybridized carbons (Fsp3) is 0.333. The zero-order valence-electron chi connectivity index (χ0n) is 24.9. The molecule has 9 nitrogen and oxygen atoms in total. The quantitative estimate of drug-likeness (QED) is 0.243.